The molecule has 0 unspecified atom stereocenters. The maximum atomic E-state index is 12.4. The summed E-state index contributed by atoms with van der Waals surface area (Å²) < 4.78 is 6.72. The standard InChI is InChI=1S/C17H14N4O2/c1-11(12-5-3-2-4-6-12)21-16-15(20-17(21)22)18-9-14(19-16)13-7-8-23-10-13/h2-11H,1H3,(H,18,20,22)/t11-/m1/s1. The average Bonchev–Trinajstić information content (AvgIpc) is 3.21. The predicted octanol–water partition coefficient (Wildman–Crippen LogP) is 2.99. The molecule has 0 saturated heterocycles. The van der Waals surface area contributed by atoms with E-state index in [-0.39, 0.29) is 11.7 Å². The van der Waals surface area contributed by atoms with Crippen molar-refractivity contribution in [2.45, 2.75) is 13.0 Å². The molecule has 1 atom stereocenters. The molecule has 0 amide bonds. The Labute approximate surface area is 131 Å². The number of aromatic amines is 1. The molecule has 23 heavy (non-hydrogen) atoms. The largest absolute Gasteiger partial charge is 0.472 e. The first-order valence-electron chi connectivity index (χ1n) is 7.29. The van der Waals surface area contributed by atoms with E-state index in [4.69, 9.17) is 4.42 Å². The van der Waals surface area contributed by atoms with E-state index in [0.29, 0.717) is 17.0 Å². The van der Waals surface area contributed by atoms with Crippen molar-refractivity contribution in [3.8, 4) is 11.3 Å². The molecule has 0 fully saturated rings. The molecule has 6 heteroatoms. The summed E-state index contributed by atoms with van der Waals surface area (Å²) in [7, 11) is 0. The van der Waals surface area contributed by atoms with Gasteiger partial charge in [-0.25, -0.2) is 14.8 Å². The number of fused-ring (bicyclic) bond motifs is 1. The van der Waals surface area contributed by atoms with Gasteiger partial charge in [-0.2, -0.15) is 0 Å². The van der Waals surface area contributed by atoms with Crippen LogP contribution in [0.5, 0.6) is 0 Å². The van der Waals surface area contributed by atoms with Crippen molar-refractivity contribution in [3.63, 3.8) is 0 Å². The van der Waals surface area contributed by atoms with Crippen LogP contribution in [-0.2, 0) is 0 Å². The van der Waals surface area contributed by atoms with Crippen molar-refractivity contribution in [2.24, 2.45) is 0 Å². The third kappa shape index (κ3) is 2.24. The van der Waals surface area contributed by atoms with Gasteiger partial charge in [0.15, 0.2) is 11.3 Å². The Morgan fingerprint density at radius 2 is 2.04 bits per heavy atom. The van der Waals surface area contributed by atoms with Gasteiger partial charge in [0.25, 0.3) is 0 Å². The van der Waals surface area contributed by atoms with Gasteiger partial charge >= 0.3 is 5.69 Å². The van der Waals surface area contributed by atoms with Crippen LogP contribution in [0.4, 0.5) is 0 Å². The van der Waals surface area contributed by atoms with Crippen LogP contribution >= 0.6 is 0 Å². The quantitative estimate of drug-likeness (QED) is 0.631. The number of hydrogen-bond acceptors (Lipinski definition) is 4. The smallest absolute Gasteiger partial charge is 0.329 e. The van der Waals surface area contributed by atoms with E-state index in [1.165, 1.54) is 0 Å². The van der Waals surface area contributed by atoms with E-state index in [1.54, 1.807) is 23.3 Å². The van der Waals surface area contributed by atoms with Gasteiger partial charge in [-0.3, -0.25) is 9.55 Å². The van der Waals surface area contributed by atoms with Crippen molar-refractivity contribution < 1.29 is 4.42 Å². The van der Waals surface area contributed by atoms with E-state index in [0.717, 1.165) is 11.1 Å². The van der Waals surface area contributed by atoms with Gasteiger partial charge in [0, 0.05) is 5.56 Å². The molecule has 0 aliphatic carbocycles. The number of imidazole rings is 1. The van der Waals surface area contributed by atoms with Gasteiger partial charge in [-0.15, -0.1) is 0 Å². The highest BCUT2D eigenvalue weighted by Gasteiger charge is 2.17. The van der Waals surface area contributed by atoms with Gasteiger partial charge in [0.05, 0.1) is 30.5 Å². The molecule has 0 saturated carbocycles. The van der Waals surface area contributed by atoms with Crippen molar-refractivity contribution in [2.75, 3.05) is 0 Å². The first-order valence-corrected chi connectivity index (χ1v) is 7.29. The van der Waals surface area contributed by atoms with Crippen molar-refractivity contribution >= 4 is 11.3 Å². The zero-order chi connectivity index (χ0) is 15.8. The first-order chi connectivity index (χ1) is 11.2. The van der Waals surface area contributed by atoms with Crippen LogP contribution < -0.4 is 5.69 Å². The lowest BCUT2D eigenvalue weighted by atomic mass is 10.1. The minimum Gasteiger partial charge on any atom is -0.472 e. The number of rotatable bonds is 3. The number of nitrogens with one attached hydrogen (secondary N) is 1. The van der Waals surface area contributed by atoms with Crippen LogP contribution in [-0.4, -0.2) is 19.5 Å². The number of nitrogens with zero attached hydrogens (tertiary/aromatic N) is 3. The predicted molar refractivity (Wildman–Crippen MR) is 86.1 cm³/mol. The van der Waals surface area contributed by atoms with Gasteiger partial charge in [0.1, 0.15) is 0 Å². The van der Waals surface area contributed by atoms with Crippen LogP contribution in [0, 0.1) is 0 Å². The molecule has 0 bridgehead atoms. The van der Waals surface area contributed by atoms with Gasteiger partial charge in [0.2, 0.25) is 0 Å². The Morgan fingerprint density at radius 3 is 2.78 bits per heavy atom. The summed E-state index contributed by atoms with van der Waals surface area (Å²) in [6.45, 7) is 1.97. The summed E-state index contributed by atoms with van der Waals surface area (Å²) in [4.78, 5) is 24.0. The van der Waals surface area contributed by atoms with Crippen LogP contribution in [0.15, 0.2) is 64.3 Å². The second kappa shape index (κ2) is 5.24. The molecule has 0 radical (unpaired) electrons. The highest BCUT2D eigenvalue weighted by molar-refractivity contribution is 5.70. The number of aromatic nitrogens is 4. The minimum absolute atomic E-state index is 0.147. The molecule has 0 aliphatic heterocycles. The minimum atomic E-state index is -0.222. The molecule has 0 spiro atoms. The van der Waals surface area contributed by atoms with Crippen LogP contribution in [0.25, 0.3) is 22.6 Å². The molecule has 4 rings (SSSR count). The molecule has 1 aromatic carbocycles. The zero-order valence-electron chi connectivity index (χ0n) is 12.4. The van der Waals surface area contributed by atoms with Gasteiger partial charge in [-0.05, 0) is 18.6 Å². The van der Waals surface area contributed by atoms with Crippen LogP contribution in [0.2, 0.25) is 0 Å². The van der Waals surface area contributed by atoms with Crippen molar-refractivity contribution in [1.29, 1.82) is 0 Å². The van der Waals surface area contributed by atoms with E-state index in [2.05, 4.69) is 15.0 Å². The lowest BCUT2D eigenvalue weighted by Crippen LogP contribution is -2.21. The summed E-state index contributed by atoms with van der Waals surface area (Å²) in [6, 6.07) is 11.5. The lowest BCUT2D eigenvalue weighted by molar-refractivity contribution is 0.568. The fourth-order valence-electron chi connectivity index (χ4n) is 2.68. The topological polar surface area (TPSA) is 76.7 Å². The van der Waals surface area contributed by atoms with Gasteiger partial charge < -0.3 is 4.42 Å². The second-order valence-electron chi connectivity index (χ2n) is 5.33. The highest BCUT2D eigenvalue weighted by Crippen LogP contribution is 2.22. The summed E-state index contributed by atoms with van der Waals surface area (Å²) in [5.41, 5.74) is 3.31. The second-order valence-corrected chi connectivity index (χ2v) is 5.33. The summed E-state index contributed by atoms with van der Waals surface area (Å²) in [5.74, 6) is 0. The van der Waals surface area contributed by atoms with E-state index < -0.39 is 0 Å². The maximum absolute atomic E-state index is 12.4. The van der Waals surface area contributed by atoms with Crippen molar-refractivity contribution in [1.82, 2.24) is 19.5 Å². The molecule has 114 valence electrons. The number of benzene rings is 1. The van der Waals surface area contributed by atoms with E-state index >= 15 is 0 Å². The Hall–Kier alpha value is -3.15. The highest BCUT2D eigenvalue weighted by atomic mass is 16.3. The third-order valence-electron chi connectivity index (χ3n) is 3.91. The average molecular weight is 306 g/mol. The molecule has 0 aliphatic rings. The Kier molecular flexibility index (Phi) is 3.08. The Balaban J connectivity index is 1.90. The fourth-order valence-corrected chi connectivity index (χ4v) is 2.68. The molecule has 1 N–H and O–H groups in total. The third-order valence-corrected chi connectivity index (χ3v) is 3.91. The van der Waals surface area contributed by atoms with Crippen LogP contribution in [0.1, 0.15) is 18.5 Å². The molecule has 4 aromatic rings. The molecular weight excluding hydrogens is 292 g/mol. The SMILES string of the molecule is C[C@H](c1ccccc1)n1c(=O)[nH]c2ncc(-c3ccoc3)nc21. The monoisotopic (exact) mass is 306 g/mol. The maximum Gasteiger partial charge on any atom is 0.329 e. The summed E-state index contributed by atoms with van der Waals surface area (Å²) in [5, 5.41) is 0. The Bertz CT molecular complexity index is 1000. The molecular formula is C17H14N4O2. The number of furan rings is 1. The number of hydrogen-bond donors (Lipinski definition) is 1. The molecule has 3 aromatic heterocycles. The molecule has 6 nitrogen and oxygen atoms in total. The lowest BCUT2D eigenvalue weighted by Gasteiger charge is -2.13. The van der Waals surface area contributed by atoms with Gasteiger partial charge in [-0.1, -0.05) is 30.3 Å². The number of H-pyrrole nitrogens is 1. The van der Waals surface area contributed by atoms with E-state index in [9.17, 15) is 4.79 Å². The van der Waals surface area contributed by atoms with E-state index in [1.807, 2.05) is 43.3 Å². The van der Waals surface area contributed by atoms with Crippen molar-refractivity contribution in [3.05, 3.63) is 71.2 Å². The zero-order valence-corrected chi connectivity index (χ0v) is 12.4. The normalized spacial score (nSPS) is 12.6. The van der Waals surface area contributed by atoms with Crippen LogP contribution in [0.3, 0.4) is 0 Å². The summed E-state index contributed by atoms with van der Waals surface area (Å²) >= 11 is 0. The Morgan fingerprint density at radius 1 is 1.22 bits per heavy atom. The molecule has 3 heterocycles. The fraction of sp³-hybridized carbons (Fsp3) is 0.118. The summed E-state index contributed by atoms with van der Waals surface area (Å²) in [6.07, 6.45) is 4.81. The first kappa shape index (κ1) is 13.5.